The minimum absolute atomic E-state index is 0.153. The first-order valence-electron chi connectivity index (χ1n) is 7.62. The van der Waals surface area contributed by atoms with E-state index < -0.39 is 21.1 Å². The lowest BCUT2D eigenvalue weighted by molar-refractivity contribution is 0.0598. The van der Waals surface area contributed by atoms with Crippen LogP contribution in [0.1, 0.15) is 26.5 Å². The predicted molar refractivity (Wildman–Crippen MR) is 88.8 cm³/mol. The molecule has 132 valence electrons. The maximum Gasteiger partial charge on any atom is 0.337 e. The molecule has 1 aromatic carbocycles. The van der Waals surface area contributed by atoms with Crippen molar-refractivity contribution in [3.63, 3.8) is 0 Å². The standard InChI is InChI=1S/C17H17NO6S/c1-23-17(20)13-6-4-12(5-7-13)16(19)18-9-15(10-18)25(21,22)11-14-3-2-8-24-14/h2-8,15H,9-11H2,1H3. The van der Waals surface area contributed by atoms with Crippen molar-refractivity contribution < 1.29 is 27.2 Å². The van der Waals surface area contributed by atoms with Crippen LogP contribution in [0.3, 0.4) is 0 Å². The maximum atomic E-state index is 12.4. The van der Waals surface area contributed by atoms with Gasteiger partial charge in [-0.1, -0.05) is 0 Å². The molecule has 0 bridgehead atoms. The van der Waals surface area contributed by atoms with Crippen LogP contribution in [0.5, 0.6) is 0 Å². The zero-order chi connectivity index (χ0) is 18.0. The molecule has 1 aliphatic heterocycles. The van der Waals surface area contributed by atoms with Gasteiger partial charge in [0.2, 0.25) is 0 Å². The molecule has 1 aromatic heterocycles. The number of ether oxygens (including phenoxy) is 1. The van der Waals surface area contributed by atoms with E-state index in [0.29, 0.717) is 16.9 Å². The Morgan fingerprint density at radius 3 is 2.36 bits per heavy atom. The van der Waals surface area contributed by atoms with Crippen molar-refractivity contribution in [3.8, 4) is 0 Å². The molecule has 8 heteroatoms. The quantitative estimate of drug-likeness (QED) is 0.748. The average Bonchev–Trinajstić information content (AvgIpc) is 3.04. The summed E-state index contributed by atoms with van der Waals surface area (Å²) in [5, 5.41) is -0.587. The van der Waals surface area contributed by atoms with Crippen LogP contribution in [0.2, 0.25) is 0 Å². The van der Waals surface area contributed by atoms with E-state index >= 15 is 0 Å². The highest BCUT2D eigenvalue weighted by Gasteiger charge is 2.40. The summed E-state index contributed by atoms with van der Waals surface area (Å²) in [5.41, 5.74) is 0.746. The molecule has 1 saturated heterocycles. The van der Waals surface area contributed by atoms with Crippen molar-refractivity contribution in [1.82, 2.24) is 4.90 Å². The van der Waals surface area contributed by atoms with Crippen LogP contribution in [0.4, 0.5) is 0 Å². The summed E-state index contributed by atoms with van der Waals surface area (Å²) in [7, 11) is -2.08. The molecule has 2 aromatic rings. The number of furan rings is 1. The van der Waals surface area contributed by atoms with Crippen LogP contribution in [-0.2, 0) is 20.3 Å². The second-order valence-electron chi connectivity index (χ2n) is 5.79. The van der Waals surface area contributed by atoms with Gasteiger partial charge in [0, 0.05) is 18.7 Å². The number of benzene rings is 1. The molecule has 25 heavy (non-hydrogen) atoms. The number of sulfone groups is 1. The molecular formula is C17H17NO6S. The molecule has 0 atom stereocenters. The van der Waals surface area contributed by atoms with E-state index in [1.54, 1.807) is 12.1 Å². The van der Waals surface area contributed by atoms with Gasteiger partial charge in [0.15, 0.2) is 9.84 Å². The summed E-state index contributed by atoms with van der Waals surface area (Å²) in [6.45, 7) is 0.307. The zero-order valence-electron chi connectivity index (χ0n) is 13.5. The van der Waals surface area contributed by atoms with E-state index in [2.05, 4.69) is 4.74 Å². The number of carbonyl (C=O) groups is 2. The van der Waals surface area contributed by atoms with Crippen LogP contribution in [0.25, 0.3) is 0 Å². The number of likely N-dealkylation sites (tertiary alicyclic amines) is 1. The Bertz CT molecular complexity index is 864. The Labute approximate surface area is 145 Å². The largest absolute Gasteiger partial charge is 0.468 e. The lowest BCUT2D eigenvalue weighted by Gasteiger charge is -2.38. The van der Waals surface area contributed by atoms with Gasteiger partial charge in [0.05, 0.1) is 24.2 Å². The van der Waals surface area contributed by atoms with Crippen molar-refractivity contribution in [2.75, 3.05) is 20.2 Å². The third-order valence-electron chi connectivity index (χ3n) is 4.12. The maximum absolute atomic E-state index is 12.4. The number of hydrogen-bond donors (Lipinski definition) is 0. The highest BCUT2D eigenvalue weighted by atomic mass is 32.2. The van der Waals surface area contributed by atoms with Crippen LogP contribution < -0.4 is 0 Å². The molecule has 3 rings (SSSR count). The second kappa shape index (κ2) is 6.72. The molecule has 0 aliphatic carbocycles. The molecule has 0 spiro atoms. The van der Waals surface area contributed by atoms with Crippen molar-refractivity contribution >= 4 is 21.7 Å². The average molecular weight is 363 g/mol. The van der Waals surface area contributed by atoms with Gasteiger partial charge in [0.1, 0.15) is 11.5 Å². The number of amides is 1. The van der Waals surface area contributed by atoms with Gasteiger partial charge < -0.3 is 14.1 Å². The van der Waals surface area contributed by atoms with Gasteiger partial charge in [-0.05, 0) is 36.4 Å². The Balaban J connectivity index is 1.60. The third kappa shape index (κ3) is 3.58. The summed E-state index contributed by atoms with van der Waals surface area (Å²) < 4.78 is 34.3. The monoisotopic (exact) mass is 363 g/mol. The van der Waals surface area contributed by atoms with E-state index in [-0.39, 0.29) is 24.7 Å². The topological polar surface area (TPSA) is 93.9 Å². The summed E-state index contributed by atoms with van der Waals surface area (Å²) in [6, 6.07) is 9.31. The van der Waals surface area contributed by atoms with Gasteiger partial charge in [-0.3, -0.25) is 4.79 Å². The van der Waals surface area contributed by atoms with Crippen LogP contribution in [0.15, 0.2) is 47.1 Å². The first kappa shape index (κ1) is 17.2. The van der Waals surface area contributed by atoms with Crippen molar-refractivity contribution in [1.29, 1.82) is 0 Å². The van der Waals surface area contributed by atoms with E-state index in [0.717, 1.165) is 0 Å². The fourth-order valence-electron chi connectivity index (χ4n) is 2.59. The molecule has 1 fully saturated rings. The predicted octanol–water partition coefficient (Wildman–Crippen LogP) is 1.51. The number of esters is 1. The SMILES string of the molecule is COC(=O)c1ccc(C(=O)N2CC(S(=O)(=O)Cc3ccco3)C2)cc1. The second-order valence-corrected chi connectivity index (χ2v) is 8.07. The molecule has 0 radical (unpaired) electrons. The zero-order valence-corrected chi connectivity index (χ0v) is 14.4. The van der Waals surface area contributed by atoms with Gasteiger partial charge in [-0.2, -0.15) is 0 Å². The van der Waals surface area contributed by atoms with Crippen LogP contribution in [-0.4, -0.2) is 50.6 Å². The van der Waals surface area contributed by atoms with Crippen molar-refractivity contribution in [2.45, 2.75) is 11.0 Å². The van der Waals surface area contributed by atoms with E-state index in [1.165, 1.54) is 42.5 Å². The van der Waals surface area contributed by atoms with Gasteiger partial charge >= 0.3 is 5.97 Å². The minimum atomic E-state index is -3.37. The number of rotatable bonds is 5. The number of carbonyl (C=O) groups excluding carboxylic acids is 2. The molecule has 1 aliphatic rings. The Hall–Kier alpha value is -2.61. The molecule has 2 heterocycles. The third-order valence-corrected chi connectivity index (χ3v) is 6.12. The summed E-state index contributed by atoms with van der Waals surface area (Å²) in [4.78, 5) is 25.2. The summed E-state index contributed by atoms with van der Waals surface area (Å²) >= 11 is 0. The molecular weight excluding hydrogens is 346 g/mol. The first-order chi connectivity index (χ1) is 11.9. The fraction of sp³-hybridized carbons (Fsp3) is 0.294. The molecule has 1 amide bonds. The first-order valence-corrected chi connectivity index (χ1v) is 9.34. The minimum Gasteiger partial charge on any atom is -0.468 e. The van der Waals surface area contributed by atoms with Gasteiger partial charge in [-0.15, -0.1) is 0 Å². The van der Waals surface area contributed by atoms with E-state index in [9.17, 15) is 18.0 Å². The van der Waals surface area contributed by atoms with E-state index in [1.807, 2.05) is 0 Å². The normalized spacial score (nSPS) is 14.8. The van der Waals surface area contributed by atoms with Crippen molar-refractivity contribution in [3.05, 3.63) is 59.5 Å². The molecule has 0 unspecified atom stereocenters. The molecule has 7 nitrogen and oxygen atoms in total. The van der Waals surface area contributed by atoms with Gasteiger partial charge in [0.25, 0.3) is 5.91 Å². The Kier molecular flexibility index (Phi) is 4.63. The van der Waals surface area contributed by atoms with E-state index in [4.69, 9.17) is 4.42 Å². The van der Waals surface area contributed by atoms with Crippen molar-refractivity contribution in [2.24, 2.45) is 0 Å². The molecule has 0 N–H and O–H groups in total. The van der Waals surface area contributed by atoms with Crippen LogP contribution in [0, 0.1) is 0 Å². The number of nitrogens with zero attached hydrogens (tertiary/aromatic N) is 1. The number of hydrogen-bond acceptors (Lipinski definition) is 6. The smallest absolute Gasteiger partial charge is 0.337 e. The highest BCUT2D eigenvalue weighted by Crippen LogP contribution is 2.22. The fourth-order valence-corrected chi connectivity index (χ4v) is 4.20. The lowest BCUT2D eigenvalue weighted by Crippen LogP contribution is -2.57. The molecule has 0 saturated carbocycles. The Morgan fingerprint density at radius 2 is 1.80 bits per heavy atom. The lowest BCUT2D eigenvalue weighted by atomic mass is 10.1. The number of methoxy groups -OCH3 is 1. The van der Waals surface area contributed by atoms with Gasteiger partial charge in [-0.25, -0.2) is 13.2 Å². The highest BCUT2D eigenvalue weighted by molar-refractivity contribution is 7.91. The summed E-state index contributed by atoms with van der Waals surface area (Å²) in [5.74, 6) is -0.517. The Morgan fingerprint density at radius 1 is 1.16 bits per heavy atom. The van der Waals surface area contributed by atoms with Crippen LogP contribution >= 0.6 is 0 Å². The summed E-state index contributed by atoms with van der Waals surface area (Å²) in [6.07, 6.45) is 1.43.